The van der Waals surface area contributed by atoms with Gasteiger partial charge in [0.25, 0.3) is 0 Å². The molecule has 1 aromatic rings. The molecule has 0 radical (unpaired) electrons. The molecule has 0 saturated carbocycles. The summed E-state index contributed by atoms with van der Waals surface area (Å²) in [4.78, 5) is 0. The molecule has 16 heavy (non-hydrogen) atoms. The molecule has 0 aliphatic rings. The van der Waals surface area contributed by atoms with Crippen molar-refractivity contribution >= 4 is 0 Å². The van der Waals surface area contributed by atoms with Crippen molar-refractivity contribution in [1.82, 2.24) is 0 Å². The second-order valence-corrected chi connectivity index (χ2v) is 1.65. The monoisotopic (exact) mass is 565 g/mol. The molecule has 0 aliphatic carbocycles. The smallest absolute Gasteiger partial charge is 0 e. The molecular weight excluding hydrogens is 536 g/mol. The van der Waals surface area contributed by atoms with Gasteiger partial charge in [-0.25, -0.2) is 0 Å². The van der Waals surface area contributed by atoms with E-state index in [-0.39, 0.29) is 49.6 Å². The van der Waals surface area contributed by atoms with Gasteiger partial charge in [0, 0.05) is 42.1 Å². The predicted molar refractivity (Wildman–Crippen MR) is 71.6 cm³/mol. The summed E-state index contributed by atoms with van der Waals surface area (Å²) in [6, 6.07) is 10.3. The van der Waals surface area contributed by atoms with E-state index in [0.29, 0.717) is 0 Å². The van der Waals surface area contributed by atoms with Gasteiger partial charge < -0.3 is 7.43 Å². The van der Waals surface area contributed by atoms with E-state index in [1.165, 1.54) is 5.56 Å². The van der Waals surface area contributed by atoms with Gasteiger partial charge in [-0.3, -0.25) is 0 Å². The SMILES string of the molecule is CC.CC.CC.Cc1ccccc1.[CH3-].[W].[W]. The molecular formula is C14H29W2-. The predicted octanol–water partition coefficient (Wildman–Crippen LogP) is 5.52. The van der Waals surface area contributed by atoms with Crippen LogP contribution in [0.1, 0.15) is 47.1 Å². The van der Waals surface area contributed by atoms with Crippen LogP contribution in [0, 0.1) is 14.4 Å². The van der Waals surface area contributed by atoms with Crippen LogP contribution in [0.3, 0.4) is 0 Å². The summed E-state index contributed by atoms with van der Waals surface area (Å²) in [6.07, 6.45) is 0. The van der Waals surface area contributed by atoms with Gasteiger partial charge in [0.15, 0.2) is 0 Å². The summed E-state index contributed by atoms with van der Waals surface area (Å²) in [5.74, 6) is 0. The number of hydrogen-bond acceptors (Lipinski definition) is 0. The fourth-order valence-electron chi connectivity index (χ4n) is 0.534. The van der Waals surface area contributed by atoms with Gasteiger partial charge in [0.05, 0.1) is 0 Å². The third-order valence-corrected chi connectivity index (χ3v) is 0.940. The van der Waals surface area contributed by atoms with Crippen LogP contribution in [0.25, 0.3) is 0 Å². The summed E-state index contributed by atoms with van der Waals surface area (Å²) in [5.41, 5.74) is 1.32. The van der Waals surface area contributed by atoms with Crippen molar-refractivity contribution in [3.63, 3.8) is 0 Å². The van der Waals surface area contributed by atoms with Crippen molar-refractivity contribution in [2.45, 2.75) is 48.5 Å². The van der Waals surface area contributed by atoms with Crippen LogP contribution in [0.15, 0.2) is 30.3 Å². The molecule has 1 rings (SSSR count). The first kappa shape index (κ1) is 36.0. The maximum Gasteiger partial charge on any atom is 0 e. The minimum Gasteiger partial charge on any atom is -0.358 e. The van der Waals surface area contributed by atoms with Crippen LogP contribution in [0.5, 0.6) is 0 Å². The van der Waals surface area contributed by atoms with Crippen molar-refractivity contribution in [3.8, 4) is 0 Å². The van der Waals surface area contributed by atoms with Gasteiger partial charge in [-0.15, -0.1) is 0 Å². The summed E-state index contributed by atoms with van der Waals surface area (Å²) in [6.45, 7) is 14.1. The number of benzene rings is 1. The maximum absolute atomic E-state index is 2.08. The molecule has 1 aromatic carbocycles. The van der Waals surface area contributed by atoms with E-state index in [1.807, 2.05) is 59.7 Å². The van der Waals surface area contributed by atoms with Gasteiger partial charge in [-0.2, -0.15) is 0 Å². The Morgan fingerprint density at radius 2 is 0.875 bits per heavy atom. The Kier molecular flexibility index (Phi) is 101. The second kappa shape index (κ2) is 45.0. The molecule has 0 saturated heterocycles. The summed E-state index contributed by atoms with van der Waals surface area (Å²) >= 11 is 0. The van der Waals surface area contributed by atoms with E-state index in [4.69, 9.17) is 0 Å². The molecule has 98 valence electrons. The average Bonchev–Trinajstić information content (AvgIpc) is 2.28. The fraction of sp³-hybridized carbons (Fsp3) is 0.500. The van der Waals surface area contributed by atoms with Gasteiger partial charge in [-0.1, -0.05) is 77.4 Å². The Morgan fingerprint density at radius 1 is 0.625 bits per heavy atom. The van der Waals surface area contributed by atoms with E-state index in [0.717, 1.165) is 0 Å². The van der Waals surface area contributed by atoms with Crippen molar-refractivity contribution in [2.75, 3.05) is 0 Å². The molecule has 0 fully saturated rings. The molecule has 0 aromatic heterocycles. The molecule has 0 spiro atoms. The van der Waals surface area contributed by atoms with Crippen molar-refractivity contribution in [3.05, 3.63) is 43.3 Å². The third kappa shape index (κ3) is 36.5. The molecule has 0 heterocycles. The zero-order chi connectivity index (χ0) is 11.1. The molecule has 0 N–H and O–H groups in total. The molecule has 0 atom stereocenters. The Bertz CT molecular complexity index is 139. The first-order valence-corrected chi connectivity index (χ1v) is 5.41. The van der Waals surface area contributed by atoms with Gasteiger partial charge >= 0.3 is 0 Å². The molecule has 2 heteroatoms. The van der Waals surface area contributed by atoms with Crippen LogP contribution in [0.2, 0.25) is 0 Å². The number of hydrogen-bond donors (Lipinski definition) is 0. The van der Waals surface area contributed by atoms with Crippen molar-refractivity contribution in [2.24, 2.45) is 0 Å². The molecule has 0 amide bonds. The topological polar surface area (TPSA) is 0 Å². The Morgan fingerprint density at radius 3 is 1.00 bits per heavy atom. The van der Waals surface area contributed by atoms with E-state index < -0.39 is 0 Å². The van der Waals surface area contributed by atoms with Crippen LogP contribution < -0.4 is 0 Å². The van der Waals surface area contributed by atoms with Crippen molar-refractivity contribution in [1.29, 1.82) is 0 Å². The Labute approximate surface area is 133 Å². The minimum atomic E-state index is 0. The average molecular weight is 565 g/mol. The van der Waals surface area contributed by atoms with Gasteiger partial charge in [0.1, 0.15) is 0 Å². The quantitative estimate of drug-likeness (QED) is 0.364. The van der Waals surface area contributed by atoms with E-state index in [2.05, 4.69) is 19.1 Å². The number of aryl methyl sites for hydroxylation is 1. The van der Waals surface area contributed by atoms with Gasteiger partial charge in [-0.05, 0) is 6.92 Å². The van der Waals surface area contributed by atoms with E-state index in [9.17, 15) is 0 Å². The first-order chi connectivity index (χ1) is 6.39. The Balaban J connectivity index is -0.0000000248. The fourth-order valence-corrected chi connectivity index (χ4v) is 0.534. The van der Waals surface area contributed by atoms with Crippen LogP contribution in [0.4, 0.5) is 0 Å². The van der Waals surface area contributed by atoms with Crippen LogP contribution in [-0.2, 0) is 42.1 Å². The van der Waals surface area contributed by atoms with E-state index in [1.54, 1.807) is 0 Å². The number of rotatable bonds is 0. The molecule has 0 unspecified atom stereocenters. The summed E-state index contributed by atoms with van der Waals surface area (Å²) in [7, 11) is 0. The van der Waals surface area contributed by atoms with Crippen LogP contribution >= 0.6 is 0 Å². The van der Waals surface area contributed by atoms with E-state index >= 15 is 0 Å². The first-order valence-electron chi connectivity index (χ1n) is 5.41. The zero-order valence-electron chi connectivity index (χ0n) is 12.2. The van der Waals surface area contributed by atoms with Crippen LogP contribution in [-0.4, -0.2) is 0 Å². The summed E-state index contributed by atoms with van der Waals surface area (Å²) < 4.78 is 0. The molecule has 0 aliphatic heterocycles. The standard InChI is InChI=1S/C7H8.3C2H6.CH3.2W/c1-7-5-3-2-4-6-7;3*1-2;;;/h2-6H,1H3;3*1-2H3;1H3;;/q;;;;-1;;. The largest absolute Gasteiger partial charge is 0.358 e. The minimum absolute atomic E-state index is 0. The van der Waals surface area contributed by atoms with Crippen molar-refractivity contribution < 1.29 is 42.1 Å². The third-order valence-electron chi connectivity index (χ3n) is 0.940. The Hall–Kier alpha value is 0.597. The van der Waals surface area contributed by atoms with Gasteiger partial charge in [0.2, 0.25) is 0 Å². The summed E-state index contributed by atoms with van der Waals surface area (Å²) in [5, 5.41) is 0. The molecule has 0 nitrogen and oxygen atoms in total. The second-order valence-electron chi connectivity index (χ2n) is 1.65. The normalized spacial score (nSPS) is 4.94. The zero-order valence-corrected chi connectivity index (χ0v) is 18.1. The molecule has 0 bridgehead atoms. The maximum atomic E-state index is 2.08.